The van der Waals surface area contributed by atoms with Gasteiger partial charge in [0.25, 0.3) is 0 Å². The predicted octanol–water partition coefficient (Wildman–Crippen LogP) is 1.61. The first-order valence-corrected chi connectivity index (χ1v) is 9.75. The van der Waals surface area contributed by atoms with E-state index in [2.05, 4.69) is 28.4 Å². The Kier molecular flexibility index (Phi) is 2.83. The van der Waals surface area contributed by atoms with Crippen molar-refractivity contribution in [1.29, 1.82) is 0 Å². The molecule has 6 rings (SSSR count). The number of fused-ring (bicyclic) bond motifs is 4. The maximum Gasteiger partial charge on any atom is 0.315 e. The van der Waals surface area contributed by atoms with Crippen LogP contribution in [0.4, 0.5) is 5.69 Å². The van der Waals surface area contributed by atoms with Gasteiger partial charge in [-0.3, -0.25) is 9.69 Å². The van der Waals surface area contributed by atoms with Gasteiger partial charge in [0.15, 0.2) is 5.72 Å². The number of carbonyl (C=O) groups is 1. The van der Waals surface area contributed by atoms with E-state index in [0.717, 1.165) is 24.2 Å². The van der Waals surface area contributed by atoms with Gasteiger partial charge in [0, 0.05) is 24.6 Å². The molecular weight excluding hydrogens is 344 g/mol. The van der Waals surface area contributed by atoms with Crippen LogP contribution in [-0.2, 0) is 19.7 Å². The number of aliphatic hydroxyl groups excluding tert-OH is 1. The Bertz CT molecular complexity index is 900. The molecule has 3 saturated heterocycles. The van der Waals surface area contributed by atoms with E-state index in [0.29, 0.717) is 6.42 Å². The normalized spacial score (nSPS) is 47.1. The van der Waals surface area contributed by atoms with Crippen LogP contribution in [0.2, 0.25) is 0 Å². The number of carbonyl (C=O) groups excluding carboxylic acids is 1. The van der Waals surface area contributed by atoms with Crippen LogP contribution in [0.3, 0.4) is 0 Å². The van der Waals surface area contributed by atoms with Gasteiger partial charge in [-0.25, -0.2) is 0 Å². The minimum absolute atomic E-state index is 0.0510. The van der Waals surface area contributed by atoms with Crippen molar-refractivity contribution in [2.24, 2.45) is 11.3 Å². The van der Waals surface area contributed by atoms with Gasteiger partial charge < -0.3 is 19.9 Å². The number of hydrogen-bond acceptors (Lipinski definition) is 6. The third-order valence-electron chi connectivity index (χ3n) is 8.18. The Labute approximate surface area is 158 Å². The quantitative estimate of drug-likeness (QED) is 0.611. The molecule has 5 aliphatic rings. The molecule has 6 atom stereocenters. The smallest absolute Gasteiger partial charge is 0.315 e. The second-order valence-corrected chi connectivity index (χ2v) is 8.55. The van der Waals surface area contributed by atoms with E-state index < -0.39 is 16.6 Å². The summed E-state index contributed by atoms with van der Waals surface area (Å²) in [4.78, 5) is 15.9. The highest BCUT2D eigenvalue weighted by Gasteiger charge is 2.87. The standard InChI is InChI=1S/C21H24N2O4/c1-3-12-10-23-16-8-14(12)19(11-24,18(25)26-2)20-9-17(23)27-21(16,20)22-15-7-5-4-6-13(15)20/h3-7,14,16-17,22,24H,8-11H2,1-2H3/b12-3-/t14-,16-,17-,19?,20-,21-/m0/s1. The van der Waals surface area contributed by atoms with Crippen molar-refractivity contribution in [3.8, 4) is 0 Å². The number of benzene rings is 1. The fourth-order valence-electron chi connectivity index (χ4n) is 7.33. The summed E-state index contributed by atoms with van der Waals surface area (Å²) in [7, 11) is 1.43. The monoisotopic (exact) mass is 368 g/mol. The second kappa shape index (κ2) is 4.74. The number of rotatable bonds is 2. The van der Waals surface area contributed by atoms with Crippen LogP contribution >= 0.6 is 0 Å². The molecular formula is C21H24N2O4. The maximum atomic E-state index is 13.5. The molecule has 0 aromatic heterocycles. The van der Waals surface area contributed by atoms with E-state index >= 15 is 0 Å². The molecule has 27 heavy (non-hydrogen) atoms. The molecule has 4 heterocycles. The number of hydrogen-bond donors (Lipinski definition) is 2. The number of aliphatic hydroxyl groups is 1. The van der Waals surface area contributed by atoms with Gasteiger partial charge in [-0.1, -0.05) is 29.8 Å². The van der Waals surface area contributed by atoms with Crippen molar-refractivity contribution < 1.29 is 19.4 Å². The zero-order valence-electron chi connectivity index (χ0n) is 15.6. The molecule has 1 aromatic rings. The summed E-state index contributed by atoms with van der Waals surface area (Å²) in [5, 5.41) is 14.5. The van der Waals surface area contributed by atoms with Crippen LogP contribution in [0.5, 0.6) is 0 Å². The summed E-state index contributed by atoms with van der Waals surface area (Å²) in [5.41, 5.74) is 0.919. The first kappa shape index (κ1) is 16.1. The van der Waals surface area contributed by atoms with Crippen molar-refractivity contribution in [3.05, 3.63) is 41.5 Å². The third kappa shape index (κ3) is 1.36. The van der Waals surface area contributed by atoms with Crippen LogP contribution in [0, 0.1) is 11.3 Å². The zero-order valence-corrected chi connectivity index (χ0v) is 15.6. The lowest BCUT2D eigenvalue weighted by Gasteiger charge is -2.64. The Balaban J connectivity index is 1.73. The van der Waals surface area contributed by atoms with Gasteiger partial charge in [0.1, 0.15) is 11.6 Å². The first-order valence-electron chi connectivity index (χ1n) is 9.75. The van der Waals surface area contributed by atoms with Gasteiger partial charge >= 0.3 is 5.97 Å². The highest BCUT2D eigenvalue weighted by molar-refractivity contribution is 5.85. The summed E-state index contributed by atoms with van der Waals surface area (Å²) in [5.74, 6) is -0.375. The Morgan fingerprint density at radius 2 is 2.30 bits per heavy atom. The van der Waals surface area contributed by atoms with Crippen LogP contribution < -0.4 is 5.32 Å². The fraction of sp³-hybridized carbons (Fsp3) is 0.571. The van der Waals surface area contributed by atoms with Crippen molar-refractivity contribution >= 4 is 11.7 Å². The Hall–Kier alpha value is -1.89. The summed E-state index contributed by atoms with van der Waals surface area (Å²) < 4.78 is 12.0. The molecule has 1 aromatic carbocycles. The van der Waals surface area contributed by atoms with Gasteiger partial charge in [0.2, 0.25) is 0 Å². The number of esters is 1. The van der Waals surface area contributed by atoms with Gasteiger partial charge in [-0.05, 0) is 25.0 Å². The van der Waals surface area contributed by atoms with E-state index in [1.54, 1.807) is 0 Å². The lowest BCUT2D eigenvalue weighted by Crippen LogP contribution is -2.78. The molecule has 6 heteroatoms. The van der Waals surface area contributed by atoms with E-state index in [9.17, 15) is 9.90 Å². The SMILES string of the molecule is C/C=C1/CN2[C@@H]3C[C@@]45c6ccccc6N[C@]4(O3)[C@@H]2C[C@@H]1C5(CO)C(=O)OC. The molecule has 1 saturated carbocycles. The molecule has 6 nitrogen and oxygen atoms in total. The Morgan fingerprint density at radius 1 is 1.48 bits per heavy atom. The van der Waals surface area contributed by atoms with Crippen LogP contribution in [0.1, 0.15) is 25.3 Å². The number of nitrogens with one attached hydrogen (secondary N) is 1. The molecule has 1 unspecified atom stereocenters. The van der Waals surface area contributed by atoms with E-state index in [1.807, 2.05) is 19.1 Å². The topological polar surface area (TPSA) is 71.0 Å². The number of nitrogens with zero attached hydrogens (tertiary/aromatic N) is 1. The van der Waals surface area contributed by atoms with E-state index in [-0.39, 0.29) is 30.8 Å². The molecule has 4 aliphatic heterocycles. The minimum Gasteiger partial charge on any atom is -0.468 e. The zero-order chi connectivity index (χ0) is 18.6. The lowest BCUT2D eigenvalue weighted by molar-refractivity contribution is -0.191. The van der Waals surface area contributed by atoms with Crippen LogP contribution in [-0.4, -0.2) is 54.2 Å². The number of methoxy groups -OCH3 is 1. The van der Waals surface area contributed by atoms with E-state index in [4.69, 9.17) is 9.47 Å². The summed E-state index contributed by atoms with van der Waals surface area (Å²) in [6.45, 7) is 2.56. The third-order valence-corrected chi connectivity index (χ3v) is 8.18. The molecule has 4 bridgehead atoms. The number of piperidine rings is 2. The molecule has 0 radical (unpaired) electrons. The van der Waals surface area contributed by atoms with Crippen molar-refractivity contribution in [2.75, 3.05) is 25.6 Å². The summed E-state index contributed by atoms with van der Waals surface area (Å²) >= 11 is 0. The average molecular weight is 368 g/mol. The molecule has 0 amide bonds. The average Bonchev–Trinajstić information content (AvgIpc) is 3.30. The highest BCUT2D eigenvalue weighted by Crippen LogP contribution is 2.76. The summed E-state index contributed by atoms with van der Waals surface area (Å²) in [6.07, 6.45) is 3.54. The van der Waals surface area contributed by atoms with Crippen molar-refractivity contribution in [1.82, 2.24) is 4.90 Å². The number of ether oxygens (including phenoxy) is 2. The molecule has 2 N–H and O–H groups in total. The van der Waals surface area contributed by atoms with Crippen LogP contribution in [0.15, 0.2) is 35.9 Å². The second-order valence-electron chi connectivity index (χ2n) is 8.55. The first-order chi connectivity index (χ1) is 13.1. The van der Waals surface area contributed by atoms with Gasteiger partial charge in [-0.2, -0.15) is 0 Å². The number of para-hydroxylation sites is 1. The number of allylic oxidation sites excluding steroid dienone is 1. The molecule has 1 spiro atoms. The summed E-state index contributed by atoms with van der Waals surface area (Å²) in [6, 6.07) is 8.34. The van der Waals surface area contributed by atoms with Gasteiger partial charge in [-0.15, -0.1) is 0 Å². The minimum atomic E-state index is -1.05. The molecule has 1 aliphatic carbocycles. The fourth-order valence-corrected chi connectivity index (χ4v) is 7.33. The maximum absolute atomic E-state index is 13.5. The molecule has 4 fully saturated rings. The van der Waals surface area contributed by atoms with Crippen molar-refractivity contribution in [3.63, 3.8) is 0 Å². The highest BCUT2D eigenvalue weighted by atomic mass is 16.6. The van der Waals surface area contributed by atoms with Gasteiger partial charge in [0.05, 0.1) is 25.2 Å². The van der Waals surface area contributed by atoms with Crippen LogP contribution in [0.25, 0.3) is 0 Å². The largest absolute Gasteiger partial charge is 0.468 e. The molecule has 142 valence electrons. The van der Waals surface area contributed by atoms with Crippen molar-refractivity contribution in [2.45, 2.75) is 43.2 Å². The lowest BCUT2D eigenvalue weighted by atomic mass is 9.42. The Morgan fingerprint density at radius 3 is 3.04 bits per heavy atom. The predicted molar refractivity (Wildman–Crippen MR) is 97.9 cm³/mol. The van der Waals surface area contributed by atoms with E-state index in [1.165, 1.54) is 12.7 Å². The number of anilines is 1.